The fourth-order valence-corrected chi connectivity index (χ4v) is 5.18. The number of hydrogen-bond donors (Lipinski definition) is 3. The lowest BCUT2D eigenvalue weighted by Gasteiger charge is -2.31. The van der Waals surface area contributed by atoms with Crippen LogP contribution in [0.1, 0.15) is 51.2 Å². The molecular formula is C26H29N3O4S. The monoisotopic (exact) mass is 479 g/mol. The van der Waals surface area contributed by atoms with Crippen LogP contribution in [-0.4, -0.2) is 38.4 Å². The number of rotatable bonds is 5. The van der Waals surface area contributed by atoms with Crippen LogP contribution in [0.15, 0.2) is 65.6 Å². The number of benzene rings is 3. The van der Waals surface area contributed by atoms with Gasteiger partial charge in [-0.15, -0.1) is 0 Å². The van der Waals surface area contributed by atoms with E-state index in [-0.39, 0.29) is 16.8 Å². The highest BCUT2D eigenvalue weighted by Gasteiger charge is 2.28. The molecule has 4 rings (SSSR count). The molecule has 0 saturated heterocycles. The lowest BCUT2D eigenvalue weighted by atomic mass is 9.90. The summed E-state index contributed by atoms with van der Waals surface area (Å²) in [5.41, 5.74) is 5.21. The van der Waals surface area contributed by atoms with E-state index in [4.69, 9.17) is 0 Å². The maximum Gasteiger partial charge on any atom is 0.261 e. The maximum atomic E-state index is 13.0. The summed E-state index contributed by atoms with van der Waals surface area (Å²) >= 11 is 0. The number of aliphatic hydroxyl groups excluding tert-OH is 1. The van der Waals surface area contributed by atoms with Crippen molar-refractivity contribution in [3.05, 3.63) is 88.5 Å². The SMILES string of the molecule is Cc1ccc(NS(=O)(=O)c2ccc3c(c2)[C@@H](O)CC(c2cccc(C(=O)N(C)C)c2)N3)cc1C. The number of nitrogens with one attached hydrogen (secondary N) is 2. The van der Waals surface area contributed by atoms with Gasteiger partial charge in [-0.2, -0.15) is 0 Å². The molecule has 0 spiro atoms. The number of anilines is 2. The molecule has 0 saturated carbocycles. The molecule has 0 aliphatic carbocycles. The van der Waals surface area contributed by atoms with E-state index >= 15 is 0 Å². The highest BCUT2D eigenvalue weighted by Crippen LogP contribution is 2.40. The fraction of sp³-hybridized carbons (Fsp3) is 0.269. The Morgan fingerprint density at radius 1 is 1.03 bits per heavy atom. The topological polar surface area (TPSA) is 98.7 Å². The fourth-order valence-electron chi connectivity index (χ4n) is 4.10. The third-order valence-electron chi connectivity index (χ3n) is 6.18. The first-order valence-corrected chi connectivity index (χ1v) is 12.5. The van der Waals surface area contributed by atoms with Gasteiger partial charge in [0.25, 0.3) is 15.9 Å². The second-order valence-electron chi connectivity index (χ2n) is 8.93. The lowest BCUT2D eigenvalue weighted by Crippen LogP contribution is -2.24. The Morgan fingerprint density at radius 2 is 1.79 bits per heavy atom. The van der Waals surface area contributed by atoms with Crippen molar-refractivity contribution in [2.24, 2.45) is 0 Å². The minimum Gasteiger partial charge on any atom is -0.388 e. The van der Waals surface area contributed by atoms with Gasteiger partial charge in [0.15, 0.2) is 0 Å². The van der Waals surface area contributed by atoms with E-state index in [2.05, 4.69) is 10.0 Å². The molecule has 3 aromatic carbocycles. The Morgan fingerprint density at radius 3 is 2.50 bits per heavy atom. The molecule has 3 N–H and O–H groups in total. The van der Waals surface area contributed by atoms with E-state index < -0.39 is 16.1 Å². The molecule has 34 heavy (non-hydrogen) atoms. The molecule has 1 heterocycles. The average molecular weight is 480 g/mol. The lowest BCUT2D eigenvalue weighted by molar-refractivity contribution is 0.0827. The van der Waals surface area contributed by atoms with E-state index in [0.717, 1.165) is 16.7 Å². The van der Waals surface area contributed by atoms with Crippen LogP contribution in [0.2, 0.25) is 0 Å². The zero-order valence-corrected chi connectivity index (χ0v) is 20.5. The number of sulfonamides is 1. The highest BCUT2D eigenvalue weighted by atomic mass is 32.2. The Hall–Kier alpha value is -3.36. The van der Waals surface area contributed by atoms with Crippen molar-refractivity contribution < 1.29 is 18.3 Å². The normalized spacial score (nSPS) is 17.4. The summed E-state index contributed by atoms with van der Waals surface area (Å²) in [6.45, 7) is 3.89. The number of aliphatic hydroxyl groups is 1. The van der Waals surface area contributed by atoms with Crippen molar-refractivity contribution in [3.8, 4) is 0 Å². The number of aryl methyl sites for hydroxylation is 2. The van der Waals surface area contributed by atoms with Gasteiger partial charge in [-0.3, -0.25) is 9.52 Å². The van der Waals surface area contributed by atoms with E-state index in [1.165, 1.54) is 17.0 Å². The molecule has 8 heteroatoms. The number of carbonyl (C=O) groups is 1. The average Bonchev–Trinajstić information content (AvgIpc) is 2.80. The largest absolute Gasteiger partial charge is 0.388 e. The van der Waals surface area contributed by atoms with Crippen LogP contribution in [0.3, 0.4) is 0 Å². The van der Waals surface area contributed by atoms with Crippen LogP contribution in [0.5, 0.6) is 0 Å². The maximum absolute atomic E-state index is 13.0. The minimum atomic E-state index is -3.82. The van der Waals surface area contributed by atoms with Crippen molar-refractivity contribution in [3.63, 3.8) is 0 Å². The predicted octanol–water partition coefficient (Wildman–Crippen LogP) is 4.40. The van der Waals surface area contributed by atoms with E-state index in [1.807, 2.05) is 38.1 Å². The molecule has 1 amide bonds. The highest BCUT2D eigenvalue weighted by molar-refractivity contribution is 7.92. The number of amides is 1. The smallest absolute Gasteiger partial charge is 0.261 e. The zero-order valence-electron chi connectivity index (χ0n) is 19.7. The molecule has 2 atom stereocenters. The summed E-state index contributed by atoms with van der Waals surface area (Å²) in [4.78, 5) is 13.9. The van der Waals surface area contributed by atoms with Crippen molar-refractivity contribution in [2.75, 3.05) is 24.1 Å². The molecule has 1 unspecified atom stereocenters. The van der Waals surface area contributed by atoms with Crippen LogP contribution in [0, 0.1) is 13.8 Å². The first kappa shape index (κ1) is 23.8. The summed E-state index contributed by atoms with van der Waals surface area (Å²) in [6, 6.07) is 17.2. The van der Waals surface area contributed by atoms with Gasteiger partial charge in [0.2, 0.25) is 0 Å². The van der Waals surface area contributed by atoms with Gasteiger partial charge in [-0.25, -0.2) is 8.42 Å². The Labute approximate surface area is 200 Å². The second kappa shape index (κ2) is 9.12. The third-order valence-corrected chi connectivity index (χ3v) is 7.56. The number of fused-ring (bicyclic) bond motifs is 1. The summed E-state index contributed by atoms with van der Waals surface area (Å²) in [5.74, 6) is -0.0928. The van der Waals surface area contributed by atoms with E-state index in [1.54, 1.807) is 38.4 Å². The second-order valence-corrected chi connectivity index (χ2v) is 10.6. The molecule has 3 aromatic rings. The van der Waals surface area contributed by atoms with Gasteiger partial charge in [0.05, 0.1) is 17.0 Å². The zero-order chi connectivity index (χ0) is 24.6. The quantitative estimate of drug-likeness (QED) is 0.504. The number of nitrogens with zero attached hydrogens (tertiary/aromatic N) is 1. The summed E-state index contributed by atoms with van der Waals surface area (Å²) in [5, 5.41) is 14.3. The van der Waals surface area contributed by atoms with Crippen LogP contribution < -0.4 is 10.0 Å². The molecule has 0 fully saturated rings. The van der Waals surface area contributed by atoms with E-state index in [0.29, 0.717) is 28.9 Å². The third kappa shape index (κ3) is 4.78. The van der Waals surface area contributed by atoms with Gasteiger partial charge in [-0.1, -0.05) is 18.2 Å². The number of hydrogen-bond acceptors (Lipinski definition) is 5. The van der Waals surface area contributed by atoms with Gasteiger partial charge < -0.3 is 15.3 Å². The molecule has 1 aliphatic rings. The molecule has 178 valence electrons. The van der Waals surface area contributed by atoms with Crippen molar-refractivity contribution in [2.45, 2.75) is 37.3 Å². The minimum absolute atomic E-state index is 0.0855. The summed E-state index contributed by atoms with van der Waals surface area (Å²) < 4.78 is 28.6. The van der Waals surface area contributed by atoms with Crippen molar-refractivity contribution >= 4 is 27.3 Å². The van der Waals surface area contributed by atoms with Crippen LogP contribution >= 0.6 is 0 Å². The van der Waals surface area contributed by atoms with Crippen LogP contribution in [0.4, 0.5) is 11.4 Å². The molecule has 1 aliphatic heterocycles. The van der Waals surface area contributed by atoms with Gasteiger partial charge >= 0.3 is 0 Å². The molecule has 7 nitrogen and oxygen atoms in total. The Bertz CT molecular complexity index is 1350. The number of carbonyl (C=O) groups excluding carboxylic acids is 1. The summed E-state index contributed by atoms with van der Waals surface area (Å²) in [6.07, 6.45) is -0.507. The first-order chi connectivity index (χ1) is 16.0. The van der Waals surface area contributed by atoms with Gasteiger partial charge in [0, 0.05) is 43.0 Å². The van der Waals surface area contributed by atoms with Crippen molar-refractivity contribution in [1.29, 1.82) is 0 Å². The molecule has 0 bridgehead atoms. The molecule has 0 radical (unpaired) electrons. The van der Waals surface area contributed by atoms with Crippen molar-refractivity contribution in [1.82, 2.24) is 4.90 Å². The Balaban J connectivity index is 1.58. The first-order valence-electron chi connectivity index (χ1n) is 11.1. The Kier molecular flexibility index (Phi) is 6.38. The van der Waals surface area contributed by atoms with Gasteiger partial charge in [0.1, 0.15) is 0 Å². The van der Waals surface area contributed by atoms with Crippen LogP contribution in [-0.2, 0) is 10.0 Å². The molecule has 0 aromatic heterocycles. The van der Waals surface area contributed by atoms with Crippen LogP contribution in [0.25, 0.3) is 0 Å². The standard InChI is InChI=1S/C26H29N3O4S/c1-16-8-9-20(12-17(16)2)28-34(32,33)21-10-11-23-22(14-21)25(30)15-24(27-23)18-6-5-7-19(13-18)26(31)29(3)4/h5-14,24-25,27-28,30H,15H2,1-4H3/t24?,25-/m0/s1. The molecular weight excluding hydrogens is 450 g/mol. The predicted molar refractivity (Wildman–Crippen MR) is 134 cm³/mol. The van der Waals surface area contributed by atoms with E-state index in [9.17, 15) is 18.3 Å². The van der Waals surface area contributed by atoms with Gasteiger partial charge in [-0.05, 0) is 73.0 Å². The summed E-state index contributed by atoms with van der Waals surface area (Å²) in [7, 11) is -0.414.